The monoisotopic (exact) mass is 445 g/mol. The lowest BCUT2D eigenvalue weighted by Crippen LogP contribution is -2.39. The molecule has 0 spiro atoms. The molecule has 0 N–H and O–H groups in total. The molecule has 1 aromatic carbocycles. The van der Waals surface area contributed by atoms with Crippen LogP contribution in [0.1, 0.15) is 25.2 Å². The van der Waals surface area contributed by atoms with Crippen molar-refractivity contribution in [2.45, 2.75) is 38.1 Å². The van der Waals surface area contributed by atoms with E-state index in [1.165, 1.54) is 48.7 Å². The van der Waals surface area contributed by atoms with Crippen molar-refractivity contribution in [3.8, 4) is 5.75 Å². The highest BCUT2D eigenvalue weighted by atomic mass is 32.2. The Kier molecular flexibility index (Phi) is 6.44. The van der Waals surface area contributed by atoms with E-state index in [4.69, 9.17) is 4.74 Å². The molecule has 3 rings (SSSR count). The van der Waals surface area contributed by atoms with Crippen LogP contribution in [0.2, 0.25) is 0 Å². The van der Waals surface area contributed by atoms with E-state index < -0.39 is 16.2 Å². The molecule has 0 fully saturated rings. The van der Waals surface area contributed by atoms with Crippen LogP contribution in [0.4, 0.5) is 5.69 Å². The van der Waals surface area contributed by atoms with Crippen molar-refractivity contribution in [3.05, 3.63) is 60.5 Å². The van der Waals surface area contributed by atoms with Gasteiger partial charge in [0.05, 0.1) is 12.0 Å². The topological polar surface area (TPSA) is 122 Å². The van der Waals surface area contributed by atoms with Gasteiger partial charge in [-0.2, -0.15) is 0 Å². The lowest BCUT2D eigenvalue weighted by atomic mass is 10.2. The Morgan fingerprint density at radius 1 is 1.26 bits per heavy atom. The average Bonchev–Trinajstić information content (AvgIpc) is 2.72. The largest absolute Gasteiger partial charge is 0.496 e. The Bertz CT molecular complexity index is 1280. The van der Waals surface area contributed by atoms with Crippen molar-refractivity contribution in [2.75, 3.05) is 7.11 Å². The van der Waals surface area contributed by atoms with E-state index in [0.717, 1.165) is 4.57 Å². The number of hydrogen-bond donors (Lipinski definition) is 0. The third-order valence-electron chi connectivity index (χ3n) is 4.65. The number of ether oxygens (including phenoxy) is 1. The summed E-state index contributed by atoms with van der Waals surface area (Å²) in [5.74, 6) is 1.37. The Labute approximate surface area is 182 Å². The Balaban J connectivity index is 2.15. The number of nitrogens with zero attached hydrogens (tertiary/aromatic N) is 5. The SMILES string of the molecule is COc1ccc([N+](=O)[O-])cc1CSc1nc(C)nc2c1c(=O)n(C)c(=O)n2CC(C)C. The van der Waals surface area contributed by atoms with E-state index in [-0.39, 0.29) is 22.7 Å². The van der Waals surface area contributed by atoms with Crippen LogP contribution in [-0.2, 0) is 19.3 Å². The summed E-state index contributed by atoms with van der Waals surface area (Å²) in [6, 6.07) is 4.35. The third kappa shape index (κ3) is 4.46. The molecule has 0 saturated carbocycles. The van der Waals surface area contributed by atoms with Crippen LogP contribution in [0, 0.1) is 23.0 Å². The molecule has 0 amide bonds. The molecule has 0 atom stereocenters. The minimum Gasteiger partial charge on any atom is -0.496 e. The molecule has 164 valence electrons. The molecule has 0 bridgehead atoms. The first kappa shape index (κ1) is 22.5. The van der Waals surface area contributed by atoms with Gasteiger partial charge in [-0.25, -0.2) is 14.8 Å². The van der Waals surface area contributed by atoms with Crippen molar-refractivity contribution in [1.29, 1.82) is 0 Å². The summed E-state index contributed by atoms with van der Waals surface area (Å²) in [5.41, 5.74) is -0.0721. The number of aryl methyl sites for hydroxylation is 1. The van der Waals surface area contributed by atoms with Gasteiger partial charge in [-0.1, -0.05) is 13.8 Å². The molecule has 3 aromatic rings. The number of methoxy groups -OCH3 is 1. The summed E-state index contributed by atoms with van der Waals surface area (Å²) in [4.78, 5) is 45.1. The van der Waals surface area contributed by atoms with E-state index in [1.54, 1.807) is 6.92 Å². The first-order valence-corrected chi connectivity index (χ1v) is 10.5. The van der Waals surface area contributed by atoms with Crippen LogP contribution in [0.25, 0.3) is 11.0 Å². The fourth-order valence-electron chi connectivity index (χ4n) is 3.21. The standard InChI is InChI=1S/C20H23N5O5S/c1-11(2)9-24-17-16(19(26)23(4)20(24)27)18(22-12(3)21-17)31-10-13-8-14(25(28)29)6-7-15(13)30-5/h6-8,11H,9-10H2,1-5H3. The zero-order chi connectivity index (χ0) is 22.9. The van der Waals surface area contributed by atoms with Crippen molar-refractivity contribution in [3.63, 3.8) is 0 Å². The first-order chi connectivity index (χ1) is 14.6. The van der Waals surface area contributed by atoms with Gasteiger partial charge in [0, 0.05) is 37.0 Å². The smallest absolute Gasteiger partial charge is 0.332 e. The van der Waals surface area contributed by atoms with E-state index >= 15 is 0 Å². The van der Waals surface area contributed by atoms with Crippen molar-refractivity contribution >= 4 is 28.5 Å². The second kappa shape index (κ2) is 8.88. The van der Waals surface area contributed by atoms with Crippen LogP contribution in [0.15, 0.2) is 32.8 Å². The van der Waals surface area contributed by atoms with Gasteiger partial charge in [-0.05, 0) is 18.9 Å². The number of benzene rings is 1. The van der Waals surface area contributed by atoms with Gasteiger partial charge in [-0.3, -0.25) is 24.0 Å². The molecule has 11 heteroatoms. The number of hydrogen-bond acceptors (Lipinski definition) is 8. The van der Waals surface area contributed by atoms with E-state index in [9.17, 15) is 19.7 Å². The summed E-state index contributed by atoms with van der Waals surface area (Å²) in [6.45, 7) is 6.05. The highest BCUT2D eigenvalue weighted by Crippen LogP contribution is 2.32. The minimum atomic E-state index is -0.478. The number of fused-ring (bicyclic) bond motifs is 1. The number of aromatic nitrogens is 4. The maximum atomic E-state index is 12.9. The van der Waals surface area contributed by atoms with Gasteiger partial charge in [-0.15, -0.1) is 11.8 Å². The second-order valence-electron chi connectivity index (χ2n) is 7.47. The summed E-state index contributed by atoms with van der Waals surface area (Å²) in [5, 5.41) is 11.8. The van der Waals surface area contributed by atoms with E-state index in [2.05, 4.69) is 9.97 Å². The average molecular weight is 446 g/mol. The summed E-state index contributed by atoms with van der Waals surface area (Å²) >= 11 is 1.24. The molecular formula is C20H23N5O5S. The zero-order valence-corrected chi connectivity index (χ0v) is 18.7. The summed E-state index contributed by atoms with van der Waals surface area (Å²) in [6.07, 6.45) is 0. The molecule has 2 heterocycles. The predicted molar refractivity (Wildman–Crippen MR) is 118 cm³/mol. The maximum absolute atomic E-state index is 12.9. The summed E-state index contributed by atoms with van der Waals surface area (Å²) in [7, 11) is 2.92. The van der Waals surface area contributed by atoms with Crippen LogP contribution < -0.4 is 16.0 Å². The minimum absolute atomic E-state index is 0.0539. The van der Waals surface area contributed by atoms with E-state index in [0.29, 0.717) is 34.4 Å². The fourth-order valence-corrected chi connectivity index (χ4v) is 4.25. The van der Waals surface area contributed by atoms with Crippen molar-refractivity contribution in [2.24, 2.45) is 13.0 Å². The van der Waals surface area contributed by atoms with Gasteiger partial charge in [0.25, 0.3) is 11.2 Å². The highest BCUT2D eigenvalue weighted by molar-refractivity contribution is 7.98. The third-order valence-corrected chi connectivity index (χ3v) is 5.67. The normalized spacial score (nSPS) is 11.3. The number of thioether (sulfide) groups is 1. The molecule has 10 nitrogen and oxygen atoms in total. The van der Waals surface area contributed by atoms with Crippen LogP contribution in [0.3, 0.4) is 0 Å². The Morgan fingerprint density at radius 2 is 1.97 bits per heavy atom. The molecule has 0 aliphatic carbocycles. The van der Waals surface area contributed by atoms with Crippen LogP contribution >= 0.6 is 11.8 Å². The van der Waals surface area contributed by atoms with Gasteiger partial charge >= 0.3 is 5.69 Å². The van der Waals surface area contributed by atoms with Crippen molar-refractivity contribution in [1.82, 2.24) is 19.1 Å². The Morgan fingerprint density at radius 3 is 2.58 bits per heavy atom. The maximum Gasteiger partial charge on any atom is 0.332 e. The van der Waals surface area contributed by atoms with Crippen molar-refractivity contribution < 1.29 is 9.66 Å². The highest BCUT2D eigenvalue weighted by Gasteiger charge is 2.20. The number of nitro groups is 1. The quantitative estimate of drug-likeness (QED) is 0.235. The molecule has 0 radical (unpaired) electrons. The number of rotatable bonds is 7. The molecule has 0 aliphatic rings. The molecule has 31 heavy (non-hydrogen) atoms. The fraction of sp³-hybridized carbons (Fsp3) is 0.400. The lowest BCUT2D eigenvalue weighted by molar-refractivity contribution is -0.384. The first-order valence-electron chi connectivity index (χ1n) is 9.56. The Hall–Kier alpha value is -3.21. The number of nitro benzene ring substituents is 1. The molecule has 0 aliphatic heterocycles. The lowest BCUT2D eigenvalue weighted by Gasteiger charge is -2.15. The van der Waals surface area contributed by atoms with Gasteiger partial charge in [0.2, 0.25) is 0 Å². The summed E-state index contributed by atoms with van der Waals surface area (Å²) < 4.78 is 7.87. The molecular weight excluding hydrogens is 422 g/mol. The van der Waals surface area contributed by atoms with E-state index in [1.807, 2.05) is 13.8 Å². The zero-order valence-electron chi connectivity index (χ0n) is 17.9. The van der Waals surface area contributed by atoms with Gasteiger partial charge < -0.3 is 4.74 Å². The second-order valence-corrected chi connectivity index (χ2v) is 8.43. The molecule has 0 unspecified atom stereocenters. The number of non-ortho nitro benzene ring substituents is 1. The molecule has 2 aromatic heterocycles. The van der Waals surface area contributed by atoms with Crippen LogP contribution in [-0.4, -0.2) is 31.1 Å². The van der Waals surface area contributed by atoms with Gasteiger partial charge in [0.15, 0.2) is 5.65 Å². The predicted octanol–water partition coefficient (Wildman–Crippen LogP) is 2.66. The van der Waals surface area contributed by atoms with Crippen LogP contribution in [0.5, 0.6) is 5.75 Å². The van der Waals surface area contributed by atoms with Gasteiger partial charge in [0.1, 0.15) is 22.0 Å². The molecule has 0 saturated heterocycles.